The van der Waals surface area contributed by atoms with Gasteiger partial charge in [0.1, 0.15) is 11.5 Å². The van der Waals surface area contributed by atoms with Crippen molar-refractivity contribution >= 4 is 18.1 Å². The second-order valence-corrected chi connectivity index (χ2v) is 7.16. The number of benzene rings is 3. The number of ether oxygens (including phenoxy) is 2. The van der Waals surface area contributed by atoms with E-state index in [4.69, 9.17) is 9.47 Å². The summed E-state index contributed by atoms with van der Waals surface area (Å²) in [6.07, 6.45) is 1.50. The molecule has 0 unspecified atom stereocenters. The molecule has 6 nitrogen and oxygen atoms in total. The van der Waals surface area contributed by atoms with Gasteiger partial charge in [0.25, 0.3) is 5.91 Å². The molecule has 0 saturated carbocycles. The fourth-order valence-electron chi connectivity index (χ4n) is 2.72. The lowest BCUT2D eigenvalue weighted by Gasteiger charge is -2.07. The largest absolute Gasteiger partial charge is 0.484 e. The molecule has 3 aromatic carbocycles. The van der Waals surface area contributed by atoms with Gasteiger partial charge in [-0.2, -0.15) is 5.10 Å². The summed E-state index contributed by atoms with van der Waals surface area (Å²) < 4.78 is 10.8. The normalized spacial score (nSPS) is 10.7. The zero-order chi connectivity index (χ0) is 22.2. The number of hydrazone groups is 1. The molecule has 1 amide bonds. The summed E-state index contributed by atoms with van der Waals surface area (Å²) in [5.74, 6) is 0.284. The van der Waals surface area contributed by atoms with Gasteiger partial charge >= 0.3 is 5.97 Å². The zero-order valence-corrected chi connectivity index (χ0v) is 17.7. The molecule has 1 N–H and O–H groups in total. The molecule has 0 aliphatic rings. The maximum absolute atomic E-state index is 12.2. The predicted octanol–water partition coefficient (Wildman–Crippen LogP) is 4.36. The first-order valence-electron chi connectivity index (χ1n) is 9.81. The number of nitrogens with one attached hydrogen (secondary N) is 1. The van der Waals surface area contributed by atoms with Crippen molar-refractivity contribution in [3.8, 4) is 11.5 Å². The molecule has 0 saturated heterocycles. The van der Waals surface area contributed by atoms with Crippen LogP contribution in [-0.2, 0) is 4.79 Å². The fraction of sp³-hybridized carbons (Fsp3) is 0.160. The molecule has 0 radical (unpaired) electrons. The maximum atomic E-state index is 12.2. The number of hydrogen-bond donors (Lipinski definition) is 1. The van der Waals surface area contributed by atoms with E-state index in [2.05, 4.69) is 10.5 Å². The van der Waals surface area contributed by atoms with E-state index in [1.807, 2.05) is 51.1 Å². The minimum absolute atomic E-state index is 0.131. The van der Waals surface area contributed by atoms with E-state index in [9.17, 15) is 9.59 Å². The molecule has 3 rings (SSSR count). The van der Waals surface area contributed by atoms with Crippen molar-refractivity contribution in [2.24, 2.45) is 5.10 Å². The van der Waals surface area contributed by atoms with Gasteiger partial charge in [-0.05, 0) is 86.0 Å². The monoisotopic (exact) mass is 416 g/mol. The number of rotatable bonds is 7. The molecule has 0 spiro atoms. The minimum atomic E-state index is -0.416. The summed E-state index contributed by atoms with van der Waals surface area (Å²) in [5, 5.41) is 3.92. The summed E-state index contributed by atoms with van der Waals surface area (Å²) in [5.41, 5.74) is 6.91. The average molecular weight is 416 g/mol. The van der Waals surface area contributed by atoms with Crippen molar-refractivity contribution in [2.75, 3.05) is 6.61 Å². The highest BCUT2D eigenvalue weighted by Crippen LogP contribution is 2.16. The first-order chi connectivity index (χ1) is 14.9. The van der Waals surface area contributed by atoms with Crippen molar-refractivity contribution < 1.29 is 19.1 Å². The second-order valence-electron chi connectivity index (χ2n) is 7.16. The van der Waals surface area contributed by atoms with Crippen LogP contribution in [0.15, 0.2) is 71.8 Å². The van der Waals surface area contributed by atoms with Crippen LogP contribution in [0, 0.1) is 20.8 Å². The van der Waals surface area contributed by atoms with Crippen LogP contribution >= 0.6 is 0 Å². The topological polar surface area (TPSA) is 77.0 Å². The molecular formula is C25H24N2O4. The van der Waals surface area contributed by atoms with Gasteiger partial charge in [-0.1, -0.05) is 23.8 Å². The van der Waals surface area contributed by atoms with Gasteiger partial charge in [0, 0.05) is 0 Å². The van der Waals surface area contributed by atoms with Gasteiger partial charge < -0.3 is 9.47 Å². The van der Waals surface area contributed by atoms with E-state index >= 15 is 0 Å². The molecule has 0 fully saturated rings. The summed E-state index contributed by atoms with van der Waals surface area (Å²) in [7, 11) is 0. The molecule has 0 aliphatic heterocycles. The summed E-state index contributed by atoms with van der Waals surface area (Å²) in [6, 6.07) is 19.7. The van der Waals surface area contributed by atoms with Gasteiger partial charge in [-0.3, -0.25) is 4.79 Å². The van der Waals surface area contributed by atoms with Crippen LogP contribution in [0.3, 0.4) is 0 Å². The molecule has 0 aromatic heterocycles. The van der Waals surface area contributed by atoms with Gasteiger partial charge in [0.15, 0.2) is 6.61 Å². The summed E-state index contributed by atoms with van der Waals surface area (Å²) in [4.78, 5) is 24.1. The van der Waals surface area contributed by atoms with Crippen LogP contribution in [0.2, 0.25) is 0 Å². The Bertz CT molecular complexity index is 1100. The van der Waals surface area contributed by atoms with Crippen molar-refractivity contribution in [3.63, 3.8) is 0 Å². The third-order valence-electron chi connectivity index (χ3n) is 4.60. The average Bonchev–Trinajstić information content (AvgIpc) is 2.76. The van der Waals surface area contributed by atoms with Crippen LogP contribution in [0.1, 0.15) is 32.6 Å². The molecule has 6 heteroatoms. The quantitative estimate of drug-likeness (QED) is 0.269. The summed E-state index contributed by atoms with van der Waals surface area (Å²) in [6.45, 7) is 5.79. The lowest BCUT2D eigenvalue weighted by Crippen LogP contribution is -2.24. The highest BCUT2D eigenvalue weighted by atomic mass is 16.5. The Morgan fingerprint density at radius 1 is 0.903 bits per heavy atom. The Morgan fingerprint density at radius 2 is 1.65 bits per heavy atom. The lowest BCUT2D eigenvalue weighted by atomic mass is 10.1. The van der Waals surface area contributed by atoms with Gasteiger partial charge in [-0.15, -0.1) is 0 Å². The highest BCUT2D eigenvalue weighted by molar-refractivity contribution is 5.91. The molecule has 0 aliphatic carbocycles. The van der Waals surface area contributed by atoms with Crippen LogP contribution in [0.5, 0.6) is 11.5 Å². The van der Waals surface area contributed by atoms with Gasteiger partial charge in [0.2, 0.25) is 0 Å². The molecule has 0 bridgehead atoms. The molecule has 0 heterocycles. The number of nitrogens with zero attached hydrogens (tertiary/aromatic N) is 1. The summed E-state index contributed by atoms with van der Waals surface area (Å²) >= 11 is 0. The Kier molecular flexibility index (Phi) is 7.17. The predicted molar refractivity (Wildman–Crippen MR) is 120 cm³/mol. The van der Waals surface area contributed by atoms with Crippen LogP contribution in [-0.4, -0.2) is 24.7 Å². The number of esters is 1. The van der Waals surface area contributed by atoms with E-state index in [0.29, 0.717) is 17.1 Å². The van der Waals surface area contributed by atoms with Crippen molar-refractivity contribution in [1.29, 1.82) is 0 Å². The number of hydrogen-bond acceptors (Lipinski definition) is 5. The van der Waals surface area contributed by atoms with Gasteiger partial charge in [-0.25, -0.2) is 10.2 Å². The number of amides is 1. The Morgan fingerprint density at radius 3 is 2.35 bits per heavy atom. The molecule has 0 atom stereocenters. The van der Waals surface area contributed by atoms with Gasteiger partial charge in [0.05, 0.1) is 11.8 Å². The third-order valence-corrected chi connectivity index (χ3v) is 4.60. The fourth-order valence-corrected chi connectivity index (χ4v) is 2.72. The standard InChI is InChI=1S/C25H24N2O4/c1-17-5-4-6-21(13-17)25(29)31-22-11-8-20(9-12-22)15-26-27-24(28)16-30-23-10-7-18(2)19(3)14-23/h4-15H,16H2,1-3H3,(H,27,28). The number of carbonyl (C=O) groups is 2. The first-order valence-corrected chi connectivity index (χ1v) is 9.81. The maximum Gasteiger partial charge on any atom is 0.343 e. The van der Waals surface area contributed by atoms with E-state index < -0.39 is 5.97 Å². The lowest BCUT2D eigenvalue weighted by molar-refractivity contribution is -0.123. The second kappa shape index (κ2) is 10.2. The highest BCUT2D eigenvalue weighted by Gasteiger charge is 2.08. The van der Waals surface area contributed by atoms with Crippen molar-refractivity contribution in [2.45, 2.75) is 20.8 Å². The van der Waals surface area contributed by atoms with E-state index in [0.717, 1.165) is 22.3 Å². The van der Waals surface area contributed by atoms with E-state index in [1.165, 1.54) is 6.21 Å². The van der Waals surface area contributed by atoms with Crippen LogP contribution in [0.4, 0.5) is 0 Å². The molecule has 158 valence electrons. The SMILES string of the molecule is Cc1cccc(C(=O)Oc2ccc(C=NNC(=O)COc3ccc(C)c(C)c3)cc2)c1. The Balaban J connectivity index is 1.47. The molecule has 31 heavy (non-hydrogen) atoms. The van der Waals surface area contributed by atoms with Crippen LogP contribution < -0.4 is 14.9 Å². The van der Waals surface area contributed by atoms with E-state index in [1.54, 1.807) is 36.4 Å². The van der Waals surface area contributed by atoms with E-state index in [-0.39, 0.29) is 12.5 Å². The third kappa shape index (κ3) is 6.54. The zero-order valence-electron chi connectivity index (χ0n) is 17.7. The molecule has 3 aromatic rings. The smallest absolute Gasteiger partial charge is 0.343 e. The van der Waals surface area contributed by atoms with Crippen LogP contribution in [0.25, 0.3) is 0 Å². The molecular weight excluding hydrogens is 392 g/mol. The first kappa shape index (κ1) is 21.8. The Hall–Kier alpha value is -3.93. The van der Waals surface area contributed by atoms with Crippen molar-refractivity contribution in [3.05, 3.63) is 94.5 Å². The number of aryl methyl sites for hydroxylation is 3. The Labute approximate surface area is 181 Å². The minimum Gasteiger partial charge on any atom is -0.484 e. The van der Waals surface area contributed by atoms with Crippen molar-refractivity contribution in [1.82, 2.24) is 5.43 Å². The number of carbonyl (C=O) groups excluding carboxylic acids is 2.